The molecule has 2 aliphatic rings. The highest BCUT2D eigenvalue weighted by Gasteiger charge is 2.40. The number of rotatable bonds is 3. The zero-order valence-corrected chi connectivity index (χ0v) is 10.6. The van der Waals surface area contributed by atoms with Gasteiger partial charge < -0.3 is 10.5 Å². The van der Waals surface area contributed by atoms with Gasteiger partial charge in [-0.3, -0.25) is 0 Å². The highest BCUT2D eigenvalue weighted by atomic mass is 32.2. The molecule has 4 heteroatoms. The number of alkyl halides is 1. The van der Waals surface area contributed by atoms with Gasteiger partial charge in [-0.15, -0.1) is 0 Å². The Morgan fingerprint density at radius 3 is 2.88 bits per heavy atom. The van der Waals surface area contributed by atoms with Crippen LogP contribution in [0, 0.1) is 5.92 Å². The molecule has 2 fully saturated rings. The fourth-order valence-corrected chi connectivity index (χ4v) is 4.10. The zero-order chi connectivity index (χ0) is 11.4. The molecule has 0 amide bonds. The molecule has 2 nitrogen and oxygen atoms in total. The Kier molecular flexibility index (Phi) is 4.50. The van der Waals surface area contributed by atoms with E-state index in [-0.39, 0.29) is 11.5 Å². The second-order valence-corrected chi connectivity index (χ2v) is 6.21. The van der Waals surface area contributed by atoms with Crippen molar-refractivity contribution in [2.45, 2.75) is 43.9 Å². The molecule has 1 spiro atoms. The van der Waals surface area contributed by atoms with E-state index in [4.69, 9.17) is 10.5 Å². The lowest BCUT2D eigenvalue weighted by molar-refractivity contribution is -0.113. The quantitative estimate of drug-likeness (QED) is 0.831. The minimum Gasteiger partial charge on any atom is -0.375 e. The molecule has 2 unspecified atom stereocenters. The molecule has 0 saturated carbocycles. The van der Waals surface area contributed by atoms with Crippen LogP contribution in [-0.4, -0.2) is 36.4 Å². The monoisotopic (exact) mass is 247 g/mol. The fraction of sp³-hybridized carbons (Fsp3) is 1.00. The van der Waals surface area contributed by atoms with Gasteiger partial charge in [0, 0.05) is 6.61 Å². The Labute approximate surface area is 101 Å². The van der Waals surface area contributed by atoms with E-state index in [1.807, 2.05) is 11.8 Å². The van der Waals surface area contributed by atoms with E-state index in [0.717, 1.165) is 32.3 Å². The number of hydrogen-bond donors (Lipinski definition) is 1. The maximum absolute atomic E-state index is 13.9. The average Bonchev–Trinajstić information content (AvgIpc) is 2.30. The number of thioether (sulfide) groups is 1. The van der Waals surface area contributed by atoms with Gasteiger partial charge in [0.25, 0.3) is 0 Å². The third kappa shape index (κ3) is 2.90. The van der Waals surface area contributed by atoms with Gasteiger partial charge in [0.2, 0.25) is 0 Å². The molecule has 16 heavy (non-hydrogen) atoms. The molecular formula is C12H22FNOS. The van der Waals surface area contributed by atoms with E-state index in [9.17, 15) is 4.39 Å². The van der Waals surface area contributed by atoms with E-state index in [2.05, 4.69) is 0 Å². The van der Waals surface area contributed by atoms with Crippen molar-refractivity contribution in [1.29, 1.82) is 0 Å². The Balaban J connectivity index is 1.92. The van der Waals surface area contributed by atoms with Crippen molar-refractivity contribution in [1.82, 2.24) is 0 Å². The van der Waals surface area contributed by atoms with E-state index < -0.39 is 6.17 Å². The van der Waals surface area contributed by atoms with E-state index >= 15 is 0 Å². The number of halogens is 1. The van der Waals surface area contributed by atoms with Gasteiger partial charge in [-0.25, -0.2) is 4.39 Å². The maximum Gasteiger partial charge on any atom is 0.104 e. The molecule has 2 aliphatic heterocycles. The predicted octanol–water partition coefficient (Wildman–Crippen LogP) is 2.37. The summed E-state index contributed by atoms with van der Waals surface area (Å²) in [7, 11) is 0. The van der Waals surface area contributed by atoms with E-state index in [0.29, 0.717) is 13.0 Å². The van der Waals surface area contributed by atoms with E-state index in [1.165, 1.54) is 11.5 Å². The van der Waals surface area contributed by atoms with Gasteiger partial charge in [0.15, 0.2) is 0 Å². The first kappa shape index (κ1) is 12.7. The Morgan fingerprint density at radius 1 is 1.44 bits per heavy atom. The first-order chi connectivity index (χ1) is 7.76. The number of hydrogen-bond acceptors (Lipinski definition) is 3. The molecule has 2 rings (SSSR count). The highest BCUT2D eigenvalue weighted by Crippen LogP contribution is 2.41. The van der Waals surface area contributed by atoms with Crippen LogP contribution in [0.2, 0.25) is 0 Å². The molecule has 0 aromatic carbocycles. The molecule has 0 radical (unpaired) electrons. The molecule has 0 aliphatic carbocycles. The number of nitrogens with two attached hydrogens (primary N) is 1. The van der Waals surface area contributed by atoms with Crippen LogP contribution in [0.15, 0.2) is 0 Å². The molecule has 0 aromatic heterocycles. The van der Waals surface area contributed by atoms with Crippen molar-refractivity contribution in [2.75, 3.05) is 24.7 Å². The minimum atomic E-state index is -0.722. The second-order valence-electron chi connectivity index (χ2n) is 4.99. The summed E-state index contributed by atoms with van der Waals surface area (Å²) >= 11 is 1.99. The Bertz CT molecular complexity index is 216. The van der Waals surface area contributed by atoms with E-state index in [1.54, 1.807) is 0 Å². The van der Waals surface area contributed by atoms with Gasteiger partial charge in [0.1, 0.15) is 6.17 Å². The predicted molar refractivity (Wildman–Crippen MR) is 66.5 cm³/mol. The normalized spacial score (nSPS) is 31.5. The van der Waals surface area contributed by atoms with Crippen LogP contribution in [0.5, 0.6) is 0 Å². The molecule has 2 N–H and O–H groups in total. The lowest BCUT2D eigenvalue weighted by Gasteiger charge is -2.44. The van der Waals surface area contributed by atoms with Gasteiger partial charge in [0.05, 0.1) is 5.60 Å². The van der Waals surface area contributed by atoms with Crippen LogP contribution in [0.25, 0.3) is 0 Å². The van der Waals surface area contributed by atoms with Gasteiger partial charge in [-0.2, -0.15) is 11.8 Å². The van der Waals surface area contributed by atoms with Crippen LogP contribution in [0.4, 0.5) is 4.39 Å². The van der Waals surface area contributed by atoms with Crippen molar-refractivity contribution in [3.05, 3.63) is 0 Å². The third-order valence-corrected chi connectivity index (χ3v) is 4.87. The summed E-state index contributed by atoms with van der Waals surface area (Å²) in [5.41, 5.74) is 5.44. The maximum atomic E-state index is 13.9. The molecule has 2 atom stereocenters. The van der Waals surface area contributed by atoms with Crippen molar-refractivity contribution < 1.29 is 9.13 Å². The molecule has 94 valence electrons. The third-order valence-electron chi connectivity index (χ3n) is 3.89. The van der Waals surface area contributed by atoms with Crippen LogP contribution in [-0.2, 0) is 4.74 Å². The van der Waals surface area contributed by atoms with Crippen molar-refractivity contribution >= 4 is 11.8 Å². The highest BCUT2D eigenvalue weighted by molar-refractivity contribution is 7.99. The minimum absolute atomic E-state index is 0.00705. The lowest BCUT2D eigenvalue weighted by atomic mass is 9.79. The Morgan fingerprint density at radius 2 is 2.19 bits per heavy atom. The summed E-state index contributed by atoms with van der Waals surface area (Å²) < 4.78 is 19.8. The van der Waals surface area contributed by atoms with Crippen LogP contribution < -0.4 is 5.73 Å². The summed E-state index contributed by atoms with van der Waals surface area (Å²) in [6, 6.07) is 0. The zero-order valence-electron chi connectivity index (χ0n) is 9.79. The smallest absolute Gasteiger partial charge is 0.104 e. The second kappa shape index (κ2) is 5.69. The summed E-state index contributed by atoms with van der Waals surface area (Å²) in [4.78, 5) is 0. The van der Waals surface area contributed by atoms with Crippen LogP contribution in [0.3, 0.4) is 0 Å². The lowest BCUT2D eigenvalue weighted by Crippen LogP contribution is -2.45. The van der Waals surface area contributed by atoms with Crippen LogP contribution in [0.1, 0.15) is 32.1 Å². The van der Waals surface area contributed by atoms with Crippen molar-refractivity contribution in [3.8, 4) is 0 Å². The molecule has 2 heterocycles. The van der Waals surface area contributed by atoms with Crippen LogP contribution >= 0.6 is 11.8 Å². The molecule has 0 bridgehead atoms. The van der Waals surface area contributed by atoms with Gasteiger partial charge >= 0.3 is 0 Å². The number of ether oxygens (including phenoxy) is 1. The summed E-state index contributed by atoms with van der Waals surface area (Å²) in [5, 5.41) is 0. The summed E-state index contributed by atoms with van der Waals surface area (Å²) in [6.45, 7) is 1.20. The largest absolute Gasteiger partial charge is 0.375 e. The summed E-state index contributed by atoms with van der Waals surface area (Å²) in [5.74, 6) is 2.52. The molecule has 2 saturated heterocycles. The van der Waals surface area contributed by atoms with Crippen molar-refractivity contribution in [3.63, 3.8) is 0 Å². The SMILES string of the molecule is NCCC(F)C1CCOC2(CCSCC2)C1. The topological polar surface area (TPSA) is 35.2 Å². The Hall–Kier alpha value is 0.200. The molecular weight excluding hydrogens is 225 g/mol. The molecule has 0 aromatic rings. The first-order valence-corrected chi connectivity index (χ1v) is 7.47. The fourth-order valence-electron chi connectivity index (χ4n) is 2.86. The standard InChI is InChI=1S/C12H22FNOS/c13-11(1-5-14)10-2-6-15-12(9-10)3-7-16-8-4-12/h10-11H,1-9,14H2. The van der Waals surface area contributed by atoms with Crippen molar-refractivity contribution in [2.24, 2.45) is 11.7 Å². The first-order valence-electron chi connectivity index (χ1n) is 6.32. The van der Waals surface area contributed by atoms with Gasteiger partial charge in [-0.1, -0.05) is 0 Å². The average molecular weight is 247 g/mol. The van der Waals surface area contributed by atoms with Gasteiger partial charge in [-0.05, 0) is 56.1 Å². The summed E-state index contributed by atoms with van der Waals surface area (Å²) in [6.07, 6.45) is 3.77.